The Morgan fingerprint density at radius 3 is 2.54 bits per heavy atom. The van der Waals surface area contributed by atoms with Crippen molar-refractivity contribution in [3.05, 3.63) is 35.6 Å². The van der Waals surface area contributed by atoms with Crippen LogP contribution in [0.3, 0.4) is 0 Å². The molecule has 0 bridgehead atoms. The first-order valence-electron chi connectivity index (χ1n) is 8.48. The standard InChI is InChI=1S/C18H26FN3O2/c1-3-8-18(2,20)17(24)22-10-5-9-21(11-12-22)16(23)14-6-4-7-15(19)13-14/h4,6-7,13H,3,5,8-12,20H2,1-2H3. The maximum absolute atomic E-state index is 13.3. The highest BCUT2D eigenvalue weighted by Gasteiger charge is 2.33. The molecule has 1 aliphatic heterocycles. The number of hydrogen-bond acceptors (Lipinski definition) is 3. The van der Waals surface area contributed by atoms with Gasteiger partial charge in [0.15, 0.2) is 0 Å². The Morgan fingerprint density at radius 2 is 1.88 bits per heavy atom. The minimum Gasteiger partial charge on any atom is -0.339 e. The molecule has 132 valence electrons. The monoisotopic (exact) mass is 335 g/mol. The summed E-state index contributed by atoms with van der Waals surface area (Å²) in [5.74, 6) is -0.691. The Hall–Kier alpha value is -1.95. The fraction of sp³-hybridized carbons (Fsp3) is 0.556. The van der Waals surface area contributed by atoms with Gasteiger partial charge in [-0.3, -0.25) is 9.59 Å². The molecule has 2 rings (SSSR count). The van der Waals surface area contributed by atoms with Crippen LogP contribution in [0.25, 0.3) is 0 Å². The molecule has 0 spiro atoms. The summed E-state index contributed by atoms with van der Waals surface area (Å²) in [5.41, 5.74) is 5.61. The summed E-state index contributed by atoms with van der Waals surface area (Å²) in [6.07, 6.45) is 2.17. The van der Waals surface area contributed by atoms with E-state index in [4.69, 9.17) is 5.73 Å². The second-order valence-electron chi connectivity index (χ2n) is 6.62. The Morgan fingerprint density at radius 1 is 1.21 bits per heavy atom. The molecule has 24 heavy (non-hydrogen) atoms. The van der Waals surface area contributed by atoms with E-state index < -0.39 is 11.4 Å². The van der Waals surface area contributed by atoms with Gasteiger partial charge in [0.2, 0.25) is 5.91 Å². The Bertz CT molecular complexity index is 604. The van der Waals surface area contributed by atoms with Crippen LogP contribution in [0.2, 0.25) is 0 Å². The molecule has 2 amide bonds. The zero-order valence-electron chi connectivity index (χ0n) is 14.4. The molecule has 1 atom stereocenters. The van der Waals surface area contributed by atoms with E-state index in [1.54, 1.807) is 22.8 Å². The number of amides is 2. The fourth-order valence-corrected chi connectivity index (χ4v) is 3.12. The molecule has 0 saturated carbocycles. The number of carbonyl (C=O) groups excluding carboxylic acids is 2. The molecule has 0 radical (unpaired) electrons. The highest BCUT2D eigenvalue weighted by atomic mass is 19.1. The van der Waals surface area contributed by atoms with Crippen molar-refractivity contribution < 1.29 is 14.0 Å². The highest BCUT2D eigenvalue weighted by molar-refractivity contribution is 5.94. The third-order valence-electron chi connectivity index (χ3n) is 4.40. The van der Waals surface area contributed by atoms with Crippen LogP contribution in [0, 0.1) is 5.82 Å². The maximum atomic E-state index is 13.3. The Labute approximate surface area is 142 Å². The number of halogens is 1. The molecular weight excluding hydrogens is 309 g/mol. The van der Waals surface area contributed by atoms with Gasteiger partial charge >= 0.3 is 0 Å². The number of benzene rings is 1. The molecule has 2 N–H and O–H groups in total. The van der Waals surface area contributed by atoms with Crippen LogP contribution in [-0.2, 0) is 4.79 Å². The third-order valence-corrected chi connectivity index (χ3v) is 4.40. The maximum Gasteiger partial charge on any atom is 0.254 e. The fourth-order valence-electron chi connectivity index (χ4n) is 3.12. The minimum atomic E-state index is -0.865. The topological polar surface area (TPSA) is 66.6 Å². The summed E-state index contributed by atoms with van der Waals surface area (Å²) in [5, 5.41) is 0. The van der Waals surface area contributed by atoms with Crippen LogP contribution < -0.4 is 5.73 Å². The Balaban J connectivity index is 2.02. The first-order chi connectivity index (χ1) is 11.3. The predicted molar refractivity (Wildman–Crippen MR) is 91.0 cm³/mol. The SMILES string of the molecule is CCCC(C)(N)C(=O)N1CCCN(C(=O)c2cccc(F)c2)CC1. The smallest absolute Gasteiger partial charge is 0.254 e. The number of rotatable bonds is 4. The van der Waals surface area contributed by atoms with E-state index in [1.807, 2.05) is 6.92 Å². The van der Waals surface area contributed by atoms with E-state index >= 15 is 0 Å². The van der Waals surface area contributed by atoms with Gasteiger partial charge in [-0.2, -0.15) is 0 Å². The highest BCUT2D eigenvalue weighted by Crippen LogP contribution is 2.16. The van der Waals surface area contributed by atoms with Gasteiger partial charge in [0, 0.05) is 31.7 Å². The van der Waals surface area contributed by atoms with Crippen molar-refractivity contribution in [1.82, 2.24) is 9.80 Å². The van der Waals surface area contributed by atoms with E-state index in [0.29, 0.717) is 44.6 Å². The van der Waals surface area contributed by atoms with Crippen molar-refractivity contribution in [2.75, 3.05) is 26.2 Å². The number of nitrogens with zero attached hydrogens (tertiary/aromatic N) is 2. The average Bonchev–Trinajstić information content (AvgIpc) is 2.79. The van der Waals surface area contributed by atoms with Crippen molar-refractivity contribution in [3.8, 4) is 0 Å². The van der Waals surface area contributed by atoms with E-state index in [-0.39, 0.29) is 11.8 Å². The molecule has 1 saturated heterocycles. The molecule has 1 unspecified atom stereocenters. The van der Waals surface area contributed by atoms with Crippen molar-refractivity contribution >= 4 is 11.8 Å². The van der Waals surface area contributed by atoms with Gasteiger partial charge in [0.25, 0.3) is 5.91 Å². The first-order valence-corrected chi connectivity index (χ1v) is 8.48. The van der Waals surface area contributed by atoms with Crippen LogP contribution in [0.4, 0.5) is 4.39 Å². The lowest BCUT2D eigenvalue weighted by Gasteiger charge is -2.31. The van der Waals surface area contributed by atoms with Gasteiger partial charge in [0.05, 0.1) is 5.54 Å². The predicted octanol–water partition coefficient (Wildman–Crippen LogP) is 2.02. The third kappa shape index (κ3) is 4.32. The second-order valence-corrected chi connectivity index (χ2v) is 6.62. The van der Waals surface area contributed by atoms with Crippen LogP contribution >= 0.6 is 0 Å². The zero-order chi connectivity index (χ0) is 17.7. The summed E-state index contributed by atoms with van der Waals surface area (Å²) < 4.78 is 13.3. The number of hydrogen-bond donors (Lipinski definition) is 1. The lowest BCUT2D eigenvalue weighted by molar-refractivity contribution is -0.136. The summed E-state index contributed by atoms with van der Waals surface area (Å²) in [6.45, 7) is 5.79. The van der Waals surface area contributed by atoms with Gasteiger partial charge in [-0.15, -0.1) is 0 Å². The summed E-state index contributed by atoms with van der Waals surface area (Å²) in [7, 11) is 0. The zero-order valence-corrected chi connectivity index (χ0v) is 14.4. The van der Waals surface area contributed by atoms with E-state index in [2.05, 4.69) is 0 Å². The first kappa shape index (κ1) is 18.4. The largest absolute Gasteiger partial charge is 0.339 e. The van der Waals surface area contributed by atoms with Crippen LogP contribution in [0.15, 0.2) is 24.3 Å². The van der Waals surface area contributed by atoms with Crippen molar-refractivity contribution in [3.63, 3.8) is 0 Å². The molecule has 1 aliphatic rings. The molecule has 1 heterocycles. The molecule has 0 aromatic heterocycles. The van der Waals surface area contributed by atoms with Gasteiger partial charge < -0.3 is 15.5 Å². The molecule has 1 fully saturated rings. The van der Waals surface area contributed by atoms with Gasteiger partial charge in [-0.1, -0.05) is 19.4 Å². The normalized spacial score (nSPS) is 18.0. The van der Waals surface area contributed by atoms with Crippen molar-refractivity contribution in [2.45, 2.75) is 38.6 Å². The number of carbonyl (C=O) groups is 2. The van der Waals surface area contributed by atoms with Gasteiger partial charge in [-0.05, 0) is 38.0 Å². The number of nitrogens with two attached hydrogens (primary N) is 1. The van der Waals surface area contributed by atoms with Gasteiger partial charge in [-0.25, -0.2) is 4.39 Å². The summed E-state index contributed by atoms with van der Waals surface area (Å²) >= 11 is 0. The lowest BCUT2D eigenvalue weighted by atomic mass is 9.95. The average molecular weight is 335 g/mol. The molecule has 5 nitrogen and oxygen atoms in total. The molecular formula is C18H26FN3O2. The molecule has 6 heteroatoms. The minimum absolute atomic E-state index is 0.0654. The van der Waals surface area contributed by atoms with Gasteiger partial charge in [0.1, 0.15) is 5.82 Å². The lowest BCUT2D eigenvalue weighted by Crippen LogP contribution is -2.54. The van der Waals surface area contributed by atoms with Crippen LogP contribution in [-0.4, -0.2) is 53.3 Å². The summed E-state index contributed by atoms with van der Waals surface area (Å²) in [4.78, 5) is 28.5. The van der Waals surface area contributed by atoms with Crippen LogP contribution in [0.5, 0.6) is 0 Å². The van der Waals surface area contributed by atoms with E-state index in [1.165, 1.54) is 18.2 Å². The summed E-state index contributed by atoms with van der Waals surface area (Å²) in [6, 6.07) is 5.70. The second kappa shape index (κ2) is 7.75. The quantitative estimate of drug-likeness (QED) is 0.915. The molecule has 1 aromatic rings. The van der Waals surface area contributed by atoms with Crippen molar-refractivity contribution in [1.29, 1.82) is 0 Å². The van der Waals surface area contributed by atoms with Crippen molar-refractivity contribution in [2.24, 2.45) is 5.73 Å². The molecule has 0 aliphatic carbocycles. The van der Waals surface area contributed by atoms with E-state index in [0.717, 1.165) is 6.42 Å². The van der Waals surface area contributed by atoms with Crippen LogP contribution in [0.1, 0.15) is 43.5 Å². The van der Waals surface area contributed by atoms with E-state index in [9.17, 15) is 14.0 Å². The Kier molecular flexibility index (Phi) is 5.94. The molecule has 1 aromatic carbocycles.